The fraction of sp³-hybridized carbons (Fsp3) is 0.400. The van der Waals surface area contributed by atoms with Crippen LogP contribution in [0.5, 0.6) is 5.75 Å². The first-order valence-corrected chi connectivity index (χ1v) is 6.45. The molecule has 20 heavy (non-hydrogen) atoms. The van der Waals surface area contributed by atoms with Gasteiger partial charge in [0.25, 0.3) is 0 Å². The van der Waals surface area contributed by atoms with E-state index in [-0.39, 0.29) is 6.61 Å². The summed E-state index contributed by atoms with van der Waals surface area (Å²) < 4.78 is 15.8. The number of aliphatic hydroxyl groups excluding tert-OH is 1. The van der Waals surface area contributed by atoms with Crippen molar-refractivity contribution in [3.63, 3.8) is 0 Å². The molecule has 5 nitrogen and oxygen atoms in total. The van der Waals surface area contributed by atoms with E-state index in [1.165, 1.54) is 0 Å². The number of methoxy groups -OCH3 is 1. The van der Waals surface area contributed by atoms with Gasteiger partial charge in [-0.2, -0.15) is 0 Å². The zero-order chi connectivity index (χ0) is 14.5. The van der Waals surface area contributed by atoms with Crippen molar-refractivity contribution in [1.29, 1.82) is 0 Å². The summed E-state index contributed by atoms with van der Waals surface area (Å²) in [5.41, 5.74) is 2.54. The van der Waals surface area contributed by atoms with Gasteiger partial charge in [-0.3, -0.25) is 0 Å². The number of ether oxygens (including phenoxy) is 2. The summed E-state index contributed by atoms with van der Waals surface area (Å²) in [4.78, 5) is 0. The van der Waals surface area contributed by atoms with Crippen molar-refractivity contribution in [2.24, 2.45) is 0 Å². The van der Waals surface area contributed by atoms with E-state index in [2.05, 4.69) is 5.16 Å². The van der Waals surface area contributed by atoms with Crippen LogP contribution in [0.4, 0.5) is 0 Å². The SMILES string of the molecule is COCc1cc(COc2ccc(C)cc2C(C)O)no1. The van der Waals surface area contributed by atoms with E-state index < -0.39 is 6.10 Å². The van der Waals surface area contributed by atoms with Crippen LogP contribution >= 0.6 is 0 Å². The molecule has 1 atom stereocenters. The monoisotopic (exact) mass is 277 g/mol. The number of nitrogens with zero attached hydrogens (tertiary/aromatic N) is 1. The van der Waals surface area contributed by atoms with Gasteiger partial charge in [-0.05, 0) is 26.0 Å². The molecule has 2 rings (SSSR count). The van der Waals surface area contributed by atoms with Crippen molar-refractivity contribution in [3.8, 4) is 5.75 Å². The topological polar surface area (TPSA) is 64.7 Å². The highest BCUT2D eigenvalue weighted by atomic mass is 16.5. The molecule has 0 saturated heterocycles. The molecule has 1 heterocycles. The molecule has 2 aromatic rings. The number of hydrogen-bond donors (Lipinski definition) is 1. The summed E-state index contributed by atoms with van der Waals surface area (Å²) in [5, 5.41) is 13.7. The molecule has 0 bridgehead atoms. The smallest absolute Gasteiger partial charge is 0.162 e. The second kappa shape index (κ2) is 6.54. The van der Waals surface area contributed by atoms with Crippen LogP contribution in [-0.2, 0) is 18.0 Å². The molecule has 1 aromatic heterocycles. The van der Waals surface area contributed by atoms with Gasteiger partial charge in [0.2, 0.25) is 0 Å². The average molecular weight is 277 g/mol. The van der Waals surface area contributed by atoms with E-state index in [0.717, 1.165) is 11.1 Å². The lowest BCUT2D eigenvalue weighted by molar-refractivity contribution is 0.155. The first-order valence-electron chi connectivity index (χ1n) is 6.45. The summed E-state index contributed by atoms with van der Waals surface area (Å²) in [6, 6.07) is 7.51. The summed E-state index contributed by atoms with van der Waals surface area (Å²) in [7, 11) is 1.60. The van der Waals surface area contributed by atoms with Crippen molar-refractivity contribution >= 4 is 0 Å². The average Bonchev–Trinajstić information content (AvgIpc) is 2.85. The first-order chi connectivity index (χ1) is 9.60. The van der Waals surface area contributed by atoms with E-state index in [1.807, 2.05) is 25.1 Å². The highest BCUT2D eigenvalue weighted by molar-refractivity contribution is 5.38. The normalized spacial score (nSPS) is 12.4. The minimum Gasteiger partial charge on any atom is -0.487 e. The van der Waals surface area contributed by atoms with Gasteiger partial charge in [-0.15, -0.1) is 0 Å². The molecule has 0 aliphatic carbocycles. The molecular formula is C15H19NO4. The Hall–Kier alpha value is -1.85. The van der Waals surface area contributed by atoms with E-state index in [1.54, 1.807) is 20.1 Å². The lowest BCUT2D eigenvalue weighted by Gasteiger charge is -2.13. The van der Waals surface area contributed by atoms with Gasteiger partial charge >= 0.3 is 0 Å². The van der Waals surface area contributed by atoms with Gasteiger partial charge in [-0.1, -0.05) is 16.8 Å². The third kappa shape index (κ3) is 3.59. The summed E-state index contributed by atoms with van der Waals surface area (Å²) >= 11 is 0. The van der Waals surface area contributed by atoms with Crippen LogP contribution in [0.25, 0.3) is 0 Å². The van der Waals surface area contributed by atoms with E-state index in [0.29, 0.717) is 23.8 Å². The van der Waals surface area contributed by atoms with Gasteiger partial charge in [0, 0.05) is 18.7 Å². The molecule has 1 unspecified atom stereocenters. The molecule has 0 spiro atoms. The van der Waals surface area contributed by atoms with Crippen molar-refractivity contribution < 1.29 is 19.1 Å². The second-order valence-electron chi connectivity index (χ2n) is 4.72. The molecule has 0 fully saturated rings. The van der Waals surface area contributed by atoms with Gasteiger partial charge in [-0.25, -0.2) is 0 Å². The zero-order valence-electron chi connectivity index (χ0n) is 11.9. The van der Waals surface area contributed by atoms with Crippen LogP contribution in [0.1, 0.15) is 35.6 Å². The Balaban J connectivity index is 2.06. The number of hydrogen-bond acceptors (Lipinski definition) is 5. The van der Waals surface area contributed by atoms with Crippen LogP contribution < -0.4 is 4.74 Å². The first kappa shape index (κ1) is 14.6. The maximum Gasteiger partial charge on any atom is 0.162 e. The fourth-order valence-electron chi connectivity index (χ4n) is 1.91. The number of aryl methyl sites for hydroxylation is 1. The standard InChI is InChI=1S/C15H19NO4/c1-10-4-5-15(14(6-10)11(2)17)19-8-12-7-13(9-18-3)20-16-12/h4-7,11,17H,8-9H2,1-3H3. The minimum atomic E-state index is -0.578. The third-order valence-electron chi connectivity index (χ3n) is 2.89. The van der Waals surface area contributed by atoms with Gasteiger partial charge < -0.3 is 19.1 Å². The Labute approximate surface area is 118 Å². The number of rotatable bonds is 6. The Morgan fingerprint density at radius 2 is 2.10 bits per heavy atom. The molecule has 0 aliphatic rings. The number of benzene rings is 1. The molecule has 0 radical (unpaired) electrons. The largest absolute Gasteiger partial charge is 0.487 e. The van der Waals surface area contributed by atoms with Crippen LogP contribution in [-0.4, -0.2) is 17.4 Å². The maximum absolute atomic E-state index is 9.77. The molecule has 5 heteroatoms. The van der Waals surface area contributed by atoms with Crippen LogP contribution in [0, 0.1) is 6.92 Å². The molecule has 108 valence electrons. The molecule has 0 aliphatic heterocycles. The van der Waals surface area contributed by atoms with E-state index in [9.17, 15) is 5.11 Å². The minimum absolute atomic E-state index is 0.288. The zero-order valence-corrected chi connectivity index (χ0v) is 11.9. The third-order valence-corrected chi connectivity index (χ3v) is 2.89. The Bertz CT molecular complexity index is 563. The highest BCUT2D eigenvalue weighted by Crippen LogP contribution is 2.26. The van der Waals surface area contributed by atoms with E-state index >= 15 is 0 Å². The molecule has 1 aromatic carbocycles. The Morgan fingerprint density at radius 3 is 2.80 bits per heavy atom. The maximum atomic E-state index is 9.77. The fourth-order valence-corrected chi connectivity index (χ4v) is 1.91. The van der Waals surface area contributed by atoms with Crippen LogP contribution in [0.2, 0.25) is 0 Å². The molecule has 0 saturated carbocycles. The number of aliphatic hydroxyl groups is 1. The number of aromatic nitrogens is 1. The lowest BCUT2D eigenvalue weighted by atomic mass is 10.1. The molecule has 1 N–H and O–H groups in total. The predicted molar refractivity (Wildman–Crippen MR) is 73.4 cm³/mol. The summed E-state index contributed by atoms with van der Waals surface area (Å²) in [6.45, 7) is 4.37. The molecular weight excluding hydrogens is 258 g/mol. The lowest BCUT2D eigenvalue weighted by Crippen LogP contribution is -2.01. The van der Waals surface area contributed by atoms with Gasteiger partial charge in [0.1, 0.15) is 24.7 Å². The quantitative estimate of drug-likeness (QED) is 0.879. The summed E-state index contributed by atoms with van der Waals surface area (Å²) in [5.74, 6) is 1.31. The van der Waals surface area contributed by atoms with Gasteiger partial charge in [0.15, 0.2) is 5.76 Å². The summed E-state index contributed by atoms with van der Waals surface area (Å²) in [6.07, 6.45) is -0.578. The van der Waals surface area contributed by atoms with Crippen molar-refractivity contribution in [1.82, 2.24) is 5.16 Å². The van der Waals surface area contributed by atoms with Crippen molar-refractivity contribution in [3.05, 3.63) is 46.8 Å². The van der Waals surface area contributed by atoms with E-state index in [4.69, 9.17) is 14.0 Å². The Kier molecular flexibility index (Phi) is 4.76. The van der Waals surface area contributed by atoms with Gasteiger partial charge in [0.05, 0.1) is 6.10 Å². The van der Waals surface area contributed by atoms with Crippen LogP contribution in [0.3, 0.4) is 0 Å². The Morgan fingerprint density at radius 1 is 1.30 bits per heavy atom. The van der Waals surface area contributed by atoms with Crippen LogP contribution in [0.15, 0.2) is 28.8 Å². The predicted octanol–water partition coefficient (Wildman–Crippen LogP) is 2.76. The second-order valence-corrected chi connectivity index (χ2v) is 4.72. The van der Waals surface area contributed by atoms with Crippen molar-refractivity contribution in [2.75, 3.05) is 7.11 Å². The molecule has 0 amide bonds. The highest BCUT2D eigenvalue weighted by Gasteiger charge is 2.11. The van der Waals surface area contributed by atoms with Crippen molar-refractivity contribution in [2.45, 2.75) is 33.2 Å².